The minimum atomic E-state index is -4.23. The number of rotatable bonds is 6. The second-order valence-corrected chi connectivity index (χ2v) is 14.0. The number of carbonyl (C=O) groups excluding carboxylic acids is 4. The molecular weight excluding hydrogens is 574 g/mol. The number of alkyl carbamates (subject to hydrolysis) is 1. The van der Waals surface area contributed by atoms with E-state index in [0.29, 0.717) is 38.6 Å². The summed E-state index contributed by atoms with van der Waals surface area (Å²) in [6.07, 6.45) is 6.48. The maximum atomic E-state index is 13.7. The van der Waals surface area contributed by atoms with Crippen molar-refractivity contribution in [2.45, 2.75) is 102 Å². The smallest absolute Gasteiger partial charge is 0.408 e. The van der Waals surface area contributed by atoms with Gasteiger partial charge in [-0.1, -0.05) is 48.9 Å². The first-order valence-electron chi connectivity index (χ1n) is 14.9. The number of ether oxygens (including phenoxy) is 1. The maximum absolute atomic E-state index is 13.7. The zero-order valence-electron chi connectivity index (χ0n) is 25.1. The van der Waals surface area contributed by atoms with Crippen molar-refractivity contribution in [2.75, 3.05) is 6.54 Å². The Kier molecular flexibility index (Phi) is 10.2. The number of hydrogen-bond donors (Lipinski definition) is 4. The van der Waals surface area contributed by atoms with Gasteiger partial charge in [-0.25, -0.2) is 9.52 Å². The molecule has 3 aliphatic rings. The zero-order chi connectivity index (χ0) is 31.3. The van der Waals surface area contributed by atoms with Crippen LogP contribution in [-0.2, 0) is 35.9 Å². The predicted molar refractivity (Wildman–Crippen MR) is 159 cm³/mol. The fourth-order valence-electron chi connectivity index (χ4n) is 5.52. The molecule has 2 aliphatic heterocycles. The Bertz CT molecular complexity index is 1330. The molecule has 236 valence electrons. The minimum absolute atomic E-state index is 0.0116. The van der Waals surface area contributed by atoms with Crippen LogP contribution in [0.25, 0.3) is 0 Å². The van der Waals surface area contributed by atoms with E-state index in [2.05, 4.69) is 20.1 Å². The Morgan fingerprint density at radius 3 is 2.53 bits per heavy atom. The van der Waals surface area contributed by atoms with Crippen LogP contribution in [0.15, 0.2) is 42.5 Å². The molecule has 4 N–H and O–H groups in total. The molecule has 0 spiro atoms. The lowest BCUT2D eigenvalue weighted by atomic mass is 10.1. The summed E-state index contributed by atoms with van der Waals surface area (Å²) < 4.78 is 35.6. The molecule has 1 saturated heterocycles. The summed E-state index contributed by atoms with van der Waals surface area (Å²) in [6, 6.07) is 8.00. The van der Waals surface area contributed by atoms with Crippen molar-refractivity contribution in [3.05, 3.63) is 48.0 Å². The fraction of sp³-hybridized carbons (Fsp3) is 0.600. The summed E-state index contributed by atoms with van der Waals surface area (Å²) in [5, 5.41) is 5.52. The SMILES string of the molecule is CC(C)(C)NC(=O)O[C@H]1CCCCCC=C[C@@H]2C[C@@]2(C(=O)NS(=O)(=O)NCc2ccccc2)NC(=O)[C@@H]2CCCN2C1=O. The average molecular weight is 618 g/mol. The van der Waals surface area contributed by atoms with E-state index >= 15 is 0 Å². The van der Waals surface area contributed by atoms with E-state index in [1.54, 1.807) is 24.3 Å². The Balaban J connectivity index is 1.50. The van der Waals surface area contributed by atoms with Crippen molar-refractivity contribution in [1.82, 2.24) is 25.0 Å². The van der Waals surface area contributed by atoms with Crippen molar-refractivity contribution in [3.8, 4) is 0 Å². The van der Waals surface area contributed by atoms with Crippen LogP contribution >= 0.6 is 0 Å². The number of fused-ring (bicyclic) bond motifs is 2. The van der Waals surface area contributed by atoms with E-state index in [-0.39, 0.29) is 13.0 Å². The third-order valence-electron chi connectivity index (χ3n) is 7.85. The topological polar surface area (TPSA) is 163 Å². The largest absolute Gasteiger partial charge is 0.436 e. The standard InChI is InChI=1S/C30H43N5O7S/c1-29(2,3)33-28(39)42-24-17-11-6-4-5-10-15-22-19-30(22,32-25(36)23-16-12-18-35(23)26(24)37)27(38)34-43(40,41)31-20-21-13-8-7-9-14-21/h7-10,13-15,22-24,31H,4-6,11-12,16-20H2,1-3H3,(H,32,36)(H,33,39)(H,34,38)/t22-,23+,24+,30-/m1/s1. The molecule has 13 heteroatoms. The van der Waals surface area contributed by atoms with Crippen molar-refractivity contribution in [2.24, 2.45) is 5.92 Å². The van der Waals surface area contributed by atoms with Gasteiger partial charge in [0.15, 0.2) is 6.10 Å². The van der Waals surface area contributed by atoms with Crippen LogP contribution in [0.4, 0.5) is 4.79 Å². The highest BCUT2D eigenvalue weighted by Crippen LogP contribution is 2.45. The van der Waals surface area contributed by atoms with E-state index in [1.165, 1.54) is 4.90 Å². The van der Waals surface area contributed by atoms with Crippen LogP contribution < -0.4 is 20.1 Å². The second kappa shape index (κ2) is 13.5. The Hall–Kier alpha value is -3.45. The molecule has 1 aliphatic carbocycles. The van der Waals surface area contributed by atoms with Crippen LogP contribution in [0.5, 0.6) is 0 Å². The van der Waals surface area contributed by atoms with Gasteiger partial charge in [-0.3, -0.25) is 14.4 Å². The number of carbonyl (C=O) groups is 4. The summed E-state index contributed by atoms with van der Waals surface area (Å²) in [6.45, 7) is 5.72. The van der Waals surface area contributed by atoms with E-state index in [0.717, 1.165) is 18.4 Å². The van der Waals surface area contributed by atoms with E-state index in [4.69, 9.17) is 4.74 Å². The minimum Gasteiger partial charge on any atom is -0.436 e. The van der Waals surface area contributed by atoms with Crippen molar-refractivity contribution < 1.29 is 32.3 Å². The maximum Gasteiger partial charge on any atom is 0.408 e. The van der Waals surface area contributed by atoms with E-state index < -0.39 is 63.2 Å². The fourth-order valence-corrected chi connectivity index (χ4v) is 6.38. The molecule has 0 unspecified atom stereocenters. The summed E-state index contributed by atoms with van der Waals surface area (Å²) >= 11 is 0. The predicted octanol–water partition coefficient (Wildman–Crippen LogP) is 2.42. The second-order valence-electron chi connectivity index (χ2n) is 12.5. The third kappa shape index (κ3) is 8.79. The molecule has 1 saturated carbocycles. The molecule has 1 aromatic carbocycles. The molecule has 2 fully saturated rings. The molecular formula is C30H43N5O7S. The number of amides is 4. The van der Waals surface area contributed by atoms with Crippen LogP contribution in [0.3, 0.4) is 0 Å². The molecule has 0 aromatic heterocycles. The van der Waals surface area contributed by atoms with Crippen molar-refractivity contribution >= 4 is 34.0 Å². The van der Waals surface area contributed by atoms with Crippen LogP contribution in [0.1, 0.15) is 77.7 Å². The molecule has 2 heterocycles. The third-order valence-corrected chi connectivity index (χ3v) is 8.83. The first kappa shape index (κ1) is 32.5. The van der Waals surface area contributed by atoms with Crippen LogP contribution in [0.2, 0.25) is 0 Å². The van der Waals surface area contributed by atoms with Gasteiger partial charge in [-0.15, -0.1) is 0 Å². The number of allylic oxidation sites excluding steroid dienone is 1. The van der Waals surface area contributed by atoms with Crippen LogP contribution in [-0.4, -0.2) is 66.9 Å². The Morgan fingerprint density at radius 2 is 1.81 bits per heavy atom. The lowest BCUT2D eigenvalue weighted by molar-refractivity contribution is -0.146. The molecule has 43 heavy (non-hydrogen) atoms. The lowest BCUT2D eigenvalue weighted by Crippen LogP contribution is -2.58. The Labute approximate surface area is 253 Å². The van der Waals surface area contributed by atoms with Gasteiger partial charge in [0.1, 0.15) is 11.6 Å². The summed E-state index contributed by atoms with van der Waals surface area (Å²) in [5.41, 5.74) is -1.30. The molecule has 0 bridgehead atoms. The van der Waals surface area contributed by atoms with Crippen molar-refractivity contribution in [1.29, 1.82) is 0 Å². The number of nitrogens with zero attached hydrogens (tertiary/aromatic N) is 1. The summed E-state index contributed by atoms with van der Waals surface area (Å²) in [4.78, 5) is 54.7. The number of benzene rings is 1. The van der Waals surface area contributed by atoms with Gasteiger partial charge in [-0.2, -0.15) is 13.1 Å². The normalized spacial score (nSPS) is 26.7. The van der Waals surface area contributed by atoms with E-state index in [9.17, 15) is 27.6 Å². The molecule has 1 aromatic rings. The van der Waals surface area contributed by atoms with Gasteiger partial charge in [0.2, 0.25) is 5.91 Å². The molecule has 12 nitrogen and oxygen atoms in total. The quantitative estimate of drug-likeness (QED) is 0.356. The monoisotopic (exact) mass is 617 g/mol. The number of hydrogen-bond acceptors (Lipinski definition) is 7. The van der Waals surface area contributed by atoms with Gasteiger partial charge in [0.05, 0.1) is 0 Å². The van der Waals surface area contributed by atoms with Gasteiger partial charge < -0.3 is 20.3 Å². The Morgan fingerprint density at radius 1 is 1.07 bits per heavy atom. The van der Waals surface area contributed by atoms with Gasteiger partial charge in [0.25, 0.3) is 11.8 Å². The van der Waals surface area contributed by atoms with Crippen molar-refractivity contribution in [3.63, 3.8) is 0 Å². The number of nitrogens with one attached hydrogen (secondary N) is 4. The molecule has 0 radical (unpaired) electrons. The summed E-state index contributed by atoms with van der Waals surface area (Å²) in [5.74, 6) is -2.22. The van der Waals surface area contributed by atoms with Crippen LogP contribution in [0, 0.1) is 5.92 Å². The van der Waals surface area contributed by atoms with Gasteiger partial charge >= 0.3 is 16.3 Å². The molecule has 4 rings (SSSR count). The van der Waals surface area contributed by atoms with Gasteiger partial charge in [-0.05, 0) is 71.3 Å². The lowest BCUT2D eigenvalue weighted by Gasteiger charge is -2.30. The highest BCUT2D eigenvalue weighted by Gasteiger charge is 2.61. The highest BCUT2D eigenvalue weighted by atomic mass is 32.2. The molecule has 4 atom stereocenters. The first-order valence-corrected chi connectivity index (χ1v) is 16.4. The summed E-state index contributed by atoms with van der Waals surface area (Å²) in [7, 11) is -4.23. The average Bonchev–Trinajstić information content (AvgIpc) is 3.39. The van der Waals surface area contributed by atoms with E-state index in [1.807, 2.05) is 39.0 Å². The zero-order valence-corrected chi connectivity index (χ0v) is 25.9. The highest BCUT2D eigenvalue weighted by molar-refractivity contribution is 7.88. The van der Waals surface area contributed by atoms with Gasteiger partial charge in [0, 0.05) is 24.5 Å². The molecule has 4 amide bonds. The first-order chi connectivity index (χ1) is 20.3.